The highest BCUT2D eigenvalue weighted by Gasteiger charge is 2.15. The topological polar surface area (TPSA) is 33.0 Å². The van der Waals surface area contributed by atoms with E-state index in [1.807, 2.05) is 26.0 Å². The molecule has 0 saturated carbocycles. The minimum Gasteiger partial charge on any atom is -0.493 e. The highest BCUT2D eigenvalue weighted by Crippen LogP contribution is 2.28. The smallest absolute Gasteiger partial charge is 0.122 e. The second kappa shape index (κ2) is 6.24. The number of nitriles is 1. The molecule has 3 heteroatoms. The predicted molar refractivity (Wildman–Crippen MR) is 77.7 cm³/mol. The summed E-state index contributed by atoms with van der Waals surface area (Å²) in [5.41, 5.74) is 2.13. The van der Waals surface area contributed by atoms with Crippen LogP contribution in [0.25, 0.3) is 0 Å². The number of nitrogens with zero attached hydrogens (tertiary/aromatic N) is 1. The molecule has 0 fully saturated rings. The lowest BCUT2D eigenvalue weighted by molar-refractivity contribution is 0.282. The van der Waals surface area contributed by atoms with Gasteiger partial charge in [-0.3, -0.25) is 0 Å². The molecule has 0 aliphatic carbocycles. The number of ether oxygens (including phenoxy) is 1. The summed E-state index contributed by atoms with van der Waals surface area (Å²) in [5.74, 6) is 0.936. The number of halogens is 1. The van der Waals surface area contributed by atoms with Crippen LogP contribution in [0.3, 0.4) is 0 Å². The molecule has 0 saturated heterocycles. The molecular weight excluding hydrogens is 290 g/mol. The lowest BCUT2D eigenvalue weighted by Crippen LogP contribution is -2.10. The van der Waals surface area contributed by atoms with E-state index in [1.54, 1.807) is 0 Å². The average molecular weight is 310 g/mol. The summed E-state index contributed by atoms with van der Waals surface area (Å²) in [6.45, 7) is 8.72. The van der Waals surface area contributed by atoms with E-state index >= 15 is 0 Å². The Kier molecular flexibility index (Phi) is 5.22. The first-order valence-corrected chi connectivity index (χ1v) is 6.96. The van der Waals surface area contributed by atoms with Gasteiger partial charge in [-0.25, -0.2) is 0 Å². The van der Waals surface area contributed by atoms with Crippen molar-refractivity contribution in [1.29, 1.82) is 5.26 Å². The molecule has 2 nitrogen and oxygen atoms in total. The van der Waals surface area contributed by atoms with Crippen LogP contribution in [0.4, 0.5) is 0 Å². The van der Waals surface area contributed by atoms with Crippen molar-refractivity contribution < 1.29 is 4.74 Å². The SMILES string of the molecule is Cc1c(Br)ccc(OCCCC(C)(C)C#N)c1C. The zero-order valence-corrected chi connectivity index (χ0v) is 13.1. The first kappa shape index (κ1) is 15.0. The third kappa shape index (κ3) is 4.03. The first-order valence-electron chi connectivity index (χ1n) is 6.17. The average Bonchev–Trinajstić information content (AvgIpc) is 2.34. The molecule has 0 N–H and O–H groups in total. The van der Waals surface area contributed by atoms with Gasteiger partial charge in [0.1, 0.15) is 5.75 Å². The minimum absolute atomic E-state index is 0.256. The quantitative estimate of drug-likeness (QED) is 0.734. The van der Waals surface area contributed by atoms with Gasteiger partial charge in [0.25, 0.3) is 0 Å². The van der Waals surface area contributed by atoms with Crippen molar-refractivity contribution in [1.82, 2.24) is 0 Å². The molecule has 0 atom stereocenters. The van der Waals surface area contributed by atoms with Crippen molar-refractivity contribution in [3.8, 4) is 11.8 Å². The third-order valence-corrected chi connectivity index (χ3v) is 4.04. The van der Waals surface area contributed by atoms with Crippen LogP contribution in [0, 0.1) is 30.6 Å². The van der Waals surface area contributed by atoms with E-state index in [0.29, 0.717) is 6.61 Å². The highest BCUT2D eigenvalue weighted by atomic mass is 79.9. The summed E-state index contributed by atoms with van der Waals surface area (Å²) in [4.78, 5) is 0. The van der Waals surface area contributed by atoms with Crippen LogP contribution >= 0.6 is 15.9 Å². The lowest BCUT2D eigenvalue weighted by Gasteiger charge is -2.16. The van der Waals surface area contributed by atoms with E-state index in [4.69, 9.17) is 10.00 Å². The molecule has 18 heavy (non-hydrogen) atoms. The van der Waals surface area contributed by atoms with E-state index in [0.717, 1.165) is 23.1 Å². The van der Waals surface area contributed by atoms with Crippen LogP contribution in [0.5, 0.6) is 5.75 Å². The molecule has 0 aliphatic rings. The second-order valence-electron chi connectivity index (χ2n) is 5.24. The molecule has 1 rings (SSSR count). The van der Waals surface area contributed by atoms with E-state index in [-0.39, 0.29) is 5.41 Å². The van der Waals surface area contributed by atoms with Crippen LogP contribution in [-0.2, 0) is 0 Å². The standard InChI is InChI=1S/C15H20BrNO/c1-11-12(2)14(7-6-13(11)16)18-9-5-8-15(3,4)10-17/h6-7H,5,8-9H2,1-4H3. The molecule has 0 bridgehead atoms. The zero-order valence-electron chi connectivity index (χ0n) is 11.5. The fourth-order valence-electron chi connectivity index (χ4n) is 1.67. The molecule has 1 aromatic carbocycles. The summed E-state index contributed by atoms with van der Waals surface area (Å²) >= 11 is 3.51. The highest BCUT2D eigenvalue weighted by molar-refractivity contribution is 9.10. The molecule has 1 aromatic rings. The Morgan fingerprint density at radius 1 is 1.28 bits per heavy atom. The lowest BCUT2D eigenvalue weighted by atomic mass is 9.90. The largest absolute Gasteiger partial charge is 0.493 e. The fourth-order valence-corrected chi connectivity index (χ4v) is 2.10. The van der Waals surface area contributed by atoms with Gasteiger partial charge in [0, 0.05) is 4.47 Å². The van der Waals surface area contributed by atoms with Gasteiger partial charge < -0.3 is 4.74 Å². The van der Waals surface area contributed by atoms with Crippen LogP contribution < -0.4 is 4.74 Å². The first-order chi connectivity index (χ1) is 8.37. The van der Waals surface area contributed by atoms with Gasteiger partial charge in [0.15, 0.2) is 0 Å². The number of benzene rings is 1. The number of hydrogen-bond donors (Lipinski definition) is 0. The fraction of sp³-hybridized carbons (Fsp3) is 0.533. The maximum absolute atomic E-state index is 8.93. The van der Waals surface area contributed by atoms with Gasteiger partial charge in [0.05, 0.1) is 18.1 Å². The third-order valence-electron chi connectivity index (χ3n) is 3.18. The molecule has 0 aromatic heterocycles. The Hall–Kier alpha value is -1.01. The van der Waals surface area contributed by atoms with E-state index in [2.05, 4.69) is 35.8 Å². The molecule has 0 amide bonds. The summed E-state index contributed by atoms with van der Waals surface area (Å²) in [5, 5.41) is 8.93. The van der Waals surface area contributed by atoms with Crippen LogP contribution in [0.1, 0.15) is 37.8 Å². The zero-order chi connectivity index (χ0) is 13.8. The maximum atomic E-state index is 8.93. The van der Waals surface area contributed by atoms with Gasteiger partial charge in [-0.15, -0.1) is 0 Å². The van der Waals surface area contributed by atoms with Crippen molar-refractivity contribution in [2.75, 3.05) is 6.61 Å². The van der Waals surface area contributed by atoms with Gasteiger partial charge in [-0.2, -0.15) is 5.26 Å². The van der Waals surface area contributed by atoms with Gasteiger partial charge in [-0.05, 0) is 63.8 Å². The number of rotatable bonds is 5. The van der Waals surface area contributed by atoms with Gasteiger partial charge in [0.2, 0.25) is 0 Å². The minimum atomic E-state index is -0.256. The Labute approximate surface area is 118 Å². The van der Waals surface area contributed by atoms with Gasteiger partial charge in [-0.1, -0.05) is 15.9 Å². The summed E-state index contributed by atoms with van der Waals surface area (Å²) in [7, 11) is 0. The molecule has 0 heterocycles. The molecule has 0 spiro atoms. The van der Waals surface area contributed by atoms with Crippen molar-refractivity contribution in [3.63, 3.8) is 0 Å². The van der Waals surface area contributed by atoms with E-state index < -0.39 is 0 Å². The van der Waals surface area contributed by atoms with E-state index in [1.165, 1.54) is 11.1 Å². The summed E-state index contributed by atoms with van der Waals surface area (Å²) in [6.07, 6.45) is 1.76. The van der Waals surface area contributed by atoms with Gasteiger partial charge >= 0.3 is 0 Å². The van der Waals surface area contributed by atoms with Crippen molar-refractivity contribution in [2.45, 2.75) is 40.5 Å². The predicted octanol–water partition coefficient (Wildman–Crippen LogP) is 4.77. The number of hydrogen-bond acceptors (Lipinski definition) is 2. The molecule has 98 valence electrons. The summed E-state index contributed by atoms with van der Waals surface area (Å²) in [6, 6.07) is 6.30. The molecule has 0 aliphatic heterocycles. The van der Waals surface area contributed by atoms with Crippen LogP contribution in [0.2, 0.25) is 0 Å². The van der Waals surface area contributed by atoms with Crippen molar-refractivity contribution in [3.05, 3.63) is 27.7 Å². The second-order valence-corrected chi connectivity index (χ2v) is 6.10. The van der Waals surface area contributed by atoms with Crippen molar-refractivity contribution in [2.24, 2.45) is 5.41 Å². The normalized spacial score (nSPS) is 11.1. The molecular formula is C15H20BrNO. The Balaban J connectivity index is 2.51. The molecule has 0 unspecified atom stereocenters. The molecule has 0 radical (unpaired) electrons. The Morgan fingerprint density at radius 3 is 2.56 bits per heavy atom. The van der Waals surface area contributed by atoms with Crippen molar-refractivity contribution >= 4 is 15.9 Å². The van der Waals surface area contributed by atoms with Crippen LogP contribution in [0.15, 0.2) is 16.6 Å². The van der Waals surface area contributed by atoms with Crippen LogP contribution in [-0.4, -0.2) is 6.61 Å². The maximum Gasteiger partial charge on any atom is 0.122 e. The Bertz CT molecular complexity index is 460. The Morgan fingerprint density at radius 2 is 1.94 bits per heavy atom. The van der Waals surface area contributed by atoms with E-state index in [9.17, 15) is 0 Å². The monoisotopic (exact) mass is 309 g/mol. The summed E-state index contributed by atoms with van der Waals surface area (Å²) < 4.78 is 6.89.